The molecule has 2 N–H and O–H groups in total. The molecule has 0 aliphatic heterocycles. The van der Waals surface area contributed by atoms with E-state index in [2.05, 4.69) is 21.3 Å². The first-order chi connectivity index (χ1) is 11.1. The van der Waals surface area contributed by atoms with Crippen LogP contribution in [0.5, 0.6) is 0 Å². The normalized spacial score (nSPS) is 17.2. The van der Waals surface area contributed by atoms with Gasteiger partial charge in [0.05, 0.1) is 12.9 Å². The molecule has 2 aromatic heterocycles. The SMILES string of the molecule is Cc1n[c-]nc2c1ncn2CC(F)(F)C1(OCP(=O)(O)O)CCC1.[Y]. The van der Waals surface area contributed by atoms with Crippen LogP contribution in [0, 0.1) is 13.3 Å². The van der Waals surface area contributed by atoms with Crippen molar-refractivity contribution in [1.29, 1.82) is 0 Å². The topological polar surface area (TPSA) is 110 Å². The third kappa shape index (κ3) is 4.14. The first-order valence-electron chi connectivity index (χ1n) is 7.25. The van der Waals surface area contributed by atoms with Crippen LogP contribution in [0.4, 0.5) is 8.78 Å². The number of imidazole rings is 1. The molecule has 1 fully saturated rings. The van der Waals surface area contributed by atoms with Gasteiger partial charge in [-0.2, -0.15) is 0 Å². The smallest absolute Gasteiger partial charge is 0.351 e. The Bertz CT molecular complexity index is 808. The number of hydrogen-bond donors (Lipinski definition) is 2. The van der Waals surface area contributed by atoms with Crippen LogP contribution in [0.3, 0.4) is 0 Å². The van der Waals surface area contributed by atoms with Gasteiger partial charge in [-0.3, -0.25) is 9.55 Å². The van der Waals surface area contributed by atoms with Crippen molar-refractivity contribution < 1.29 is 60.6 Å². The minimum Gasteiger partial charge on any atom is -0.369 e. The summed E-state index contributed by atoms with van der Waals surface area (Å²) in [5.41, 5.74) is -0.718. The van der Waals surface area contributed by atoms with Crippen molar-refractivity contribution in [2.45, 2.75) is 44.3 Å². The molecule has 0 bridgehead atoms. The molecule has 25 heavy (non-hydrogen) atoms. The number of aryl methyl sites for hydroxylation is 1. The molecule has 2 aromatic rings. The maximum Gasteiger partial charge on any atom is 0.351 e. The zero-order chi connectivity index (χ0) is 17.6. The van der Waals surface area contributed by atoms with Crippen LogP contribution in [0.1, 0.15) is 25.0 Å². The molecule has 2 heterocycles. The molecule has 8 nitrogen and oxygen atoms in total. The number of rotatable bonds is 6. The second-order valence-corrected chi connectivity index (χ2v) is 7.53. The zero-order valence-electron chi connectivity index (χ0n) is 13.4. The molecule has 0 spiro atoms. The van der Waals surface area contributed by atoms with E-state index < -0.39 is 32.0 Å². The number of ether oxygens (including phenoxy) is 1. The number of hydrogen-bond acceptors (Lipinski definition) is 5. The van der Waals surface area contributed by atoms with Crippen molar-refractivity contribution in [3.8, 4) is 0 Å². The van der Waals surface area contributed by atoms with Gasteiger partial charge in [-0.15, -0.1) is 0 Å². The summed E-state index contributed by atoms with van der Waals surface area (Å²) in [6.07, 6.45) is 3.18. The average molecular weight is 450 g/mol. The van der Waals surface area contributed by atoms with Crippen LogP contribution in [0.15, 0.2) is 6.33 Å². The Morgan fingerprint density at radius 1 is 1.44 bits per heavy atom. The van der Waals surface area contributed by atoms with Gasteiger partial charge in [0, 0.05) is 50.2 Å². The molecule has 1 radical (unpaired) electrons. The van der Waals surface area contributed by atoms with Crippen molar-refractivity contribution in [2.75, 3.05) is 6.35 Å². The van der Waals surface area contributed by atoms with Gasteiger partial charge in [-0.1, -0.05) is 6.92 Å². The van der Waals surface area contributed by atoms with Crippen molar-refractivity contribution >= 4 is 18.8 Å². The molecular weight excluding hydrogens is 434 g/mol. The van der Waals surface area contributed by atoms with Crippen molar-refractivity contribution in [1.82, 2.24) is 19.5 Å². The molecular formula is C13H16F2N4O4PY-. The fraction of sp³-hybridized carbons (Fsp3) is 0.615. The minimum atomic E-state index is -4.53. The first kappa shape index (κ1) is 20.9. The number of halogens is 2. The summed E-state index contributed by atoms with van der Waals surface area (Å²) >= 11 is 0. The Hall–Kier alpha value is -0.376. The molecule has 0 saturated heterocycles. The van der Waals surface area contributed by atoms with Crippen molar-refractivity contribution in [2.24, 2.45) is 0 Å². The first-order valence-corrected chi connectivity index (χ1v) is 9.05. The summed E-state index contributed by atoms with van der Waals surface area (Å²) in [6, 6.07) is 0. The summed E-state index contributed by atoms with van der Waals surface area (Å²) in [6.45, 7) is 0.918. The molecule has 1 aliphatic rings. The Kier molecular flexibility index (Phi) is 6.13. The summed E-state index contributed by atoms with van der Waals surface area (Å²) in [5, 5.41) is 0. The molecule has 1 aliphatic carbocycles. The van der Waals surface area contributed by atoms with E-state index in [9.17, 15) is 13.3 Å². The zero-order valence-corrected chi connectivity index (χ0v) is 17.1. The standard InChI is InChI=1S/C13H16F2N4O4P.Y/c1-9-10-11(17-6-16-9)19(7-18-10)5-13(14,15)12(3-2-4-12)23-8-24(20,21)22;/h7H,2-5,8H2,1H3,(H2,20,21,22);/q-1;. The van der Waals surface area contributed by atoms with E-state index in [0.717, 1.165) is 0 Å². The summed E-state index contributed by atoms with van der Waals surface area (Å²) in [5.74, 6) is -3.34. The number of aromatic nitrogens is 4. The molecule has 135 valence electrons. The van der Waals surface area contributed by atoms with E-state index in [1.807, 2.05) is 0 Å². The molecule has 0 aromatic carbocycles. The summed E-state index contributed by atoms with van der Waals surface area (Å²) in [4.78, 5) is 29.5. The van der Waals surface area contributed by atoms with Crippen molar-refractivity contribution in [3.05, 3.63) is 18.3 Å². The van der Waals surface area contributed by atoms with Gasteiger partial charge in [0.1, 0.15) is 11.9 Å². The van der Waals surface area contributed by atoms with E-state index in [1.54, 1.807) is 6.92 Å². The molecule has 0 amide bonds. The monoisotopic (exact) mass is 450 g/mol. The van der Waals surface area contributed by atoms with Gasteiger partial charge in [-0.25, -0.2) is 8.78 Å². The van der Waals surface area contributed by atoms with Crippen LogP contribution in [-0.4, -0.2) is 47.2 Å². The molecule has 1 saturated carbocycles. The van der Waals surface area contributed by atoms with E-state index in [0.29, 0.717) is 17.6 Å². The van der Waals surface area contributed by atoms with Crippen LogP contribution in [0.25, 0.3) is 11.2 Å². The van der Waals surface area contributed by atoms with Gasteiger partial charge in [0.25, 0.3) is 5.92 Å². The van der Waals surface area contributed by atoms with E-state index in [1.165, 1.54) is 10.9 Å². The van der Waals surface area contributed by atoms with Crippen molar-refractivity contribution in [3.63, 3.8) is 0 Å². The molecule has 0 unspecified atom stereocenters. The van der Waals surface area contributed by atoms with E-state index in [-0.39, 0.29) is 51.2 Å². The predicted octanol–water partition coefficient (Wildman–Crippen LogP) is 1.64. The average Bonchev–Trinajstić information content (AvgIpc) is 2.80. The van der Waals surface area contributed by atoms with Gasteiger partial charge in [0.15, 0.2) is 0 Å². The third-order valence-electron chi connectivity index (χ3n) is 4.23. The van der Waals surface area contributed by atoms with Gasteiger partial charge >= 0.3 is 7.60 Å². The quantitative estimate of drug-likeness (QED) is 0.509. The Labute approximate surface area is 167 Å². The van der Waals surface area contributed by atoms with Crippen LogP contribution < -0.4 is 0 Å². The summed E-state index contributed by atoms with van der Waals surface area (Å²) in [7, 11) is -4.53. The Balaban J connectivity index is 0.00000225. The van der Waals surface area contributed by atoms with E-state index in [4.69, 9.17) is 14.5 Å². The molecule has 0 atom stereocenters. The maximum absolute atomic E-state index is 14.8. The molecule has 12 heteroatoms. The van der Waals surface area contributed by atoms with Gasteiger partial charge < -0.3 is 29.1 Å². The second-order valence-electron chi connectivity index (χ2n) is 5.94. The minimum absolute atomic E-state index is 0. The predicted molar refractivity (Wildman–Crippen MR) is 78.4 cm³/mol. The fourth-order valence-electron chi connectivity index (χ4n) is 2.74. The third-order valence-corrected chi connectivity index (χ3v) is 4.70. The van der Waals surface area contributed by atoms with Crippen LogP contribution >= 0.6 is 7.60 Å². The Morgan fingerprint density at radius 2 is 2.12 bits per heavy atom. The number of alkyl halides is 2. The van der Waals surface area contributed by atoms with Gasteiger partial charge in [0.2, 0.25) is 0 Å². The van der Waals surface area contributed by atoms with Crippen LogP contribution in [0.2, 0.25) is 0 Å². The number of fused-ring (bicyclic) bond motifs is 1. The number of nitrogens with zero attached hydrogens (tertiary/aromatic N) is 4. The largest absolute Gasteiger partial charge is 0.369 e. The second kappa shape index (κ2) is 7.33. The van der Waals surface area contributed by atoms with Gasteiger partial charge in [-0.05, 0) is 25.0 Å². The fourth-order valence-corrected chi connectivity index (χ4v) is 3.16. The van der Waals surface area contributed by atoms with Crippen LogP contribution in [-0.2, 0) is 48.6 Å². The molecule has 3 rings (SSSR count). The maximum atomic E-state index is 14.8. The Morgan fingerprint density at radius 3 is 2.68 bits per heavy atom. The summed E-state index contributed by atoms with van der Waals surface area (Å²) < 4.78 is 46.8. The van der Waals surface area contributed by atoms with E-state index >= 15 is 0 Å².